The van der Waals surface area contributed by atoms with Crippen LogP contribution >= 0.6 is 0 Å². The Bertz CT molecular complexity index is 1070. The molecule has 0 spiro atoms. The average molecular weight is 421 g/mol. The van der Waals surface area contributed by atoms with Crippen molar-refractivity contribution in [2.45, 2.75) is 59.9 Å². The van der Waals surface area contributed by atoms with E-state index in [2.05, 4.69) is 65.7 Å². The molecule has 1 aromatic heterocycles. The fraction of sp³-hybridized carbons (Fsp3) is 0.400. The lowest BCUT2D eigenvalue weighted by molar-refractivity contribution is -0.145. The van der Waals surface area contributed by atoms with Crippen LogP contribution in [0.1, 0.15) is 57.7 Å². The number of hydrogen-bond donors (Lipinski definition) is 1. The first-order valence-electron chi connectivity index (χ1n) is 10.5. The van der Waals surface area contributed by atoms with Crippen molar-refractivity contribution >= 4 is 17.0 Å². The Morgan fingerprint density at radius 1 is 1.13 bits per heavy atom. The Morgan fingerprint density at radius 2 is 1.74 bits per heavy atom. The van der Waals surface area contributed by atoms with Crippen molar-refractivity contribution < 1.29 is 9.63 Å². The van der Waals surface area contributed by atoms with E-state index >= 15 is 0 Å². The van der Waals surface area contributed by atoms with Crippen LogP contribution in [0.25, 0.3) is 16.7 Å². The zero-order valence-electron chi connectivity index (χ0n) is 19.3. The first kappa shape index (κ1) is 22.7. The first-order chi connectivity index (χ1) is 14.5. The standard InChI is InChI=1S/C25H32N4O2/c1-8-23(30)31-26-15-19-17(2)13-18(25(6,7)16-24(3,4)5)14-22(19)29-27-20-11-9-10-12-21(20)28-29/h8-14,26H,1,15-16H2,2-7H3. The second-order valence-corrected chi connectivity index (χ2v) is 9.84. The van der Waals surface area contributed by atoms with E-state index in [0.717, 1.165) is 40.3 Å². The number of aromatic nitrogens is 3. The number of rotatable bonds is 7. The SMILES string of the molecule is C=CC(=O)ONCc1c(C)cc(C(C)(C)CC(C)(C)C)cc1-n1nc2ccccc2n1. The number of hydroxylamine groups is 1. The lowest BCUT2D eigenvalue weighted by atomic mass is 9.72. The zero-order valence-corrected chi connectivity index (χ0v) is 19.3. The van der Waals surface area contributed by atoms with Crippen LogP contribution in [-0.2, 0) is 21.6 Å². The van der Waals surface area contributed by atoms with Crippen LogP contribution in [0.4, 0.5) is 0 Å². The second-order valence-electron chi connectivity index (χ2n) is 9.84. The van der Waals surface area contributed by atoms with Crippen LogP contribution < -0.4 is 5.48 Å². The van der Waals surface area contributed by atoms with E-state index in [1.165, 1.54) is 5.56 Å². The topological polar surface area (TPSA) is 69.0 Å². The molecule has 0 unspecified atom stereocenters. The van der Waals surface area contributed by atoms with Gasteiger partial charge in [-0.3, -0.25) is 0 Å². The largest absolute Gasteiger partial charge is 0.367 e. The monoisotopic (exact) mass is 420 g/mol. The second kappa shape index (κ2) is 8.63. The van der Waals surface area contributed by atoms with Crippen molar-refractivity contribution in [1.82, 2.24) is 20.5 Å². The minimum Gasteiger partial charge on any atom is -0.367 e. The molecule has 0 fully saturated rings. The molecular weight excluding hydrogens is 388 g/mol. The Balaban J connectivity index is 2.09. The molecule has 0 radical (unpaired) electrons. The molecule has 3 aromatic rings. The summed E-state index contributed by atoms with van der Waals surface area (Å²) in [5, 5.41) is 9.39. The van der Waals surface area contributed by atoms with Crippen molar-refractivity contribution in [3.8, 4) is 5.69 Å². The molecule has 0 aliphatic rings. The summed E-state index contributed by atoms with van der Waals surface area (Å²) in [5.41, 5.74) is 8.70. The lowest BCUT2D eigenvalue weighted by Gasteiger charge is -2.34. The van der Waals surface area contributed by atoms with Gasteiger partial charge in [0, 0.05) is 6.08 Å². The summed E-state index contributed by atoms with van der Waals surface area (Å²) in [5.74, 6) is -0.523. The van der Waals surface area contributed by atoms with Crippen LogP contribution in [0.3, 0.4) is 0 Å². The fourth-order valence-electron chi connectivity index (χ4n) is 4.21. The van der Waals surface area contributed by atoms with Gasteiger partial charge in [0.2, 0.25) is 0 Å². The van der Waals surface area contributed by atoms with Gasteiger partial charge in [-0.15, -0.1) is 15.7 Å². The summed E-state index contributed by atoms with van der Waals surface area (Å²) >= 11 is 0. The average Bonchev–Trinajstić information content (AvgIpc) is 3.10. The molecule has 1 heterocycles. The van der Waals surface area contributed by atoms with E-state index in [1.54, 1.807) is 4.80 Å². The molecule has 1 N–H and O–H groups in total. The van der Waals surface area contributed by atoms with Gasteiger partial charge in [-0.25, -0.2) is 4.79 Å². The third-order valence-corrected chi connectivity index (χ3v) is 5.29. The number of carbonyl (C=O) groups is 1. The molecule has 0 atom stereocenters. The summed E-state index contributed by atoms with van der Waals surface area (Å²) in [4.78, 5) is 18.1. The molecule has 0 bridgehead atoms. The number of benzene rings is 2. The smallest absolute Gasteiger partial charge is 0.348 e. The molecule has 0 aliphatic carbocycles. The highest BCUT2D eigenvalue weighted by molar-refractivity contribution is 5.80. The molecule has 0 saturated heterocycles. The Labute approximate surface area is 184 Å². The maximum absolute atomic E-state index is 11.4. The van der Waals surface area contributed by atoms with E-state index in [0.29, 0.717) is 6.54 Å². The van der Waals surface area contributed by atoms with Crippen LogP contribution in [0.5, 0.6) is 0 Å². The number of nitrogens with zero attached hydrogens (tertiary/aromatic N) is 3. The van der Waals surface area contributed by atoms with Crippen molar-refractivity contribution in [2.75, 3.05) is 0 Å². The van der Waals surface area contributed by atoms with Crippen molar-refractivity contribution in [3.05, 3.63) is 65.7 Å². The molecule has 2 aromatic carbocycles. The highest BCUT2D eigenvalue weighted by Crippen LogP contribution is 2.38. The van der Waals surface area contributed by atoms with Gasteiger partial charge in [-0.05, 0) is 59.1 Å². The number of aryl methyl sites for hydroxylation is 1. The fourth-order valence-corrected chi connectivity index (χ4v) is 4.21. The van der Waals surface area contributed by atoms with Crippen molar-refractivity contribution in [3.63, 3.8) is 0 Å². The van der Waals surface area contributed by atoms with Crippen LogP contribution in [-0.4, -0.2) is 21.0 Å². The normalized spacial score (nSPS) is 12.2. The summed E-state index contributed by atoms with van der Waals surface area (Å²) in [6, 6.07) is 12.2. The lowest BCUT2D eigenvalue weighted by Crippen LogP contribution is -2.26. The molecule has 31 heavy (non-hydrogen) atoms. The molecule has 0 aliphatic heterocycles. The number of carbonyl (C=O) groups excluding carboxylic acids is 1. The molecular formula is C25H32N4O2. The van der Waals surface area contributed by atoms with Gasteiger partial charge >= 0.3 is 5.97 Å². The molecule has 6 heteroatoms. The van der Waals surface area contributed by atoms with Crippen molar-refractivity contribution in [1.29, 1.82) is 0 Å². The maximum atomic E-state index is 11.4. The van der Waals surface area contributed by atoms with E-state index in [-0.39, 0.29) is 10.8 Å². The van der Waals surface area contributed by atoms with Gasteiger partial charge in [-0.1, -0.05) is 59.4 Å². The molecule has 6 nitrogen and oxygen atoms in total. The van der Waals surface area contributed by atoms with E-state index < -0.39 is 5.97 Å². The van der Waals surface area contributed by atoms with Crippen LogP contribution in [0.2, 0.25) is 0 Å². The number of fused-ring (bicyclic) bond motifs is 1. The third-order valence-electron chi connectivity index (χ3n) is 5.29. The minimum atomic E-state index is -0.523. The summed E-state index contributed by atoms with van der Waals surface area (Å²) in [7, 11) is 0. The Kier molecular flexibility index (Phi) is 6.32. The summed E-state index contributed by atoms with van der Waals surface area (Å²) < 4.78 is 0. The maximum Gasteiger partial charge on any atom is 0.348 e. The van der Waals surface area contributed by atoms with Crippen molar-refractivity contribution in [2.24, 2.45) is 5.41 Å². The highest BCUT2D eigenvalue weighted by atomic mass is 16.7. The Morgan fingerprint density at radius 3 is 2.29 bits per heavy atom. The summed E-state index contributed by atoms with van der Waals surface area (Å²) in [6.45, 7) is 17.1. The number of hydrogen-bond acceptors (Lipinski definition) is 5. The van der Waals surface area contributed by atoms with Crippen LogP contribution in [0.15, 0.2) is 49.1 Å². The third kappa shape index (κ3) is 5.39. The van der Waals surface area contributed by atoms with Gasteiger partial charge in [0.1, 0.15) is 11.0 Å². The quantitative estimate of drug-likeness (QED) is 0.421. The highest BCUT2D eigenvalue weighted by Gasteiger charge is 2.29. The molecule has 164 valence electrons. The number of nitrogens with one attached hydrogen (secondary N) is 1. The van der Waals surface area contributed by atoms with E-state index in [1.807, 2.05) is 24.3 Å². The van der Waals surface area contributed by atoms with Crippen LogP contribution in [0, 0.1) is 12.3 Å². The van der Waals surface area contributed by atoms with Gasteiger partial charge < -0.3 is 4.84 Å². The predicted molar refractivity (Wildman–Crippen MR) is 124 cm³/mol. The van der Waals surface area contributed by atoms with Gasteiger partial charge in [-0.2, -0.15) is 4.80 Å². The molecule has 0 amide bonds. The van der Waals surface area contributed by atoms with E-state index in [4.69, 9.17) is 15.0 Å². The van der Waals surface area contributed by atoms with Gasteiger partial charge in [0.15, 0.2) is 0 Å². The zero-order chi connectivity index (χ0) is 22.8. The minimum absolute atomic E-state index is 0.0361. The molecule has 3 rings (SSSR count). The van der Waals surface area contributed by atoms with E-state index in [9.17, 15) is 4.79 Å². The van der Waals surface area contributed by atoms with Gasteiger partial charge in [0.05, 0.1) is 12.2 Å². The van der Waals surface area contributed by atoms with Gasteiger partial charge in [0.25, 0.3) is 0 Å². The molecule has 0 saturated carbocycles. The summed E-state index contributed by atoms with van der Waals surface area (Å²) in [6.07, 6.45) is 2.16. The predicted octanol–water partition coefficient (Wildman–Crippen LogP) is 5.18. The Hall–Kier alpha value is -2.99. The first-order valence-corrected chi connectivity index (χ1v) is 10.5.